The number of nitrogens with two attached hydrogens (primary N) is 1. The molecule has 10 heteroatoms. The quantitative estimate of drug-likeness (QED) is 0.750. The number of halogens is 1. The largest absolute Gasteiger partial charge is 0.480 e. The maximum absolute atomic E-state index is 12.2. The molecule has 0 bridgehead atoms. The van der Waals surface area contributed by atoms with Gasteiger partial charge in [-0.1, -0.05) is 0 Å². The van der Waals surface area contributed by atoms with Gasteiger partial charge < -0.3 is 10.8 Å². The van der Waals surface area contributed by atoms with Crippen molar-refractivity contribution in [3.05, 3.63) is 15.4 Å². The highest BCUT2D eigenvalue weighted by Crippen LogP contribution is 2.32. The third-order valence-electron chi connectivity index (χ3n) is 2.07. The number of carboxylic acid groups (broad SMARTS) is 1. The molecule has 0 radical (unpaired) electrons. The SMILES string of the molecule is Cc1cc(S(=O)(=O)N(CC(N)=O)CC(=O)O)sc1Br. The molecule has 0 atom stereocenters. The third-order valence-corrected chi connectivity index (χ3v) is 6.45. The number of carbonyl (C=O) groups excluding carboxylic acids is 1. The lowest BCUT2D eigenvalue weighted by Gasteiger charge is -2.17. The van der Waals surface area contributed by atoms with E-state index >= 15 is 0 Å². The second-order valence-electron chi connectivity index (χ2n) is 3.66. The topological polar surface area (TPSA) is 118 Å². The minimum atomic E-state index is -4.05. The van der Waals surface area contributed by atoms with E-state index in [0.29, 0.717) is 13.7 Å². The normalized spacial score (nSPS) is 11.7. The number of carboxylic acids is 1. The van der Waals surface area contributed by atoms with Crippen molar-refractivity contribution in [2.24, 2.45) is 5.73 Å². The number of rotatable bonds is 6. The Morgan fingerprint density at radius 2 is 2.05 bits per heavy atom. The van der Waals surface area contributed by atoms with Crippen molar-refractivity contribution in [3.63, 3.8) is 0 Å². The van der Waals surface area contributed by atoms with E-state index in [1.165, 1.54) is 6.07 Å². The van der Waals surface area contributed by atoms with Gasteiger partial charge in [-0.3, -0.25) is 9.59 Å². The molecule has 19 heavy (non-hydrogen) atoms. The van der Waals surface area contributed by atoms with Crippen LogP contribution in [0, 0.1) is 6.92 Å². The molecule has 0 saturated heterocycles. The highest BCUT2D eigenvalue weighted by molar-refractivity contribution is 9.11. The molecule has 0 aliphatic carbocycles. The Hall–Kier alpha value is -0.970. The highest BCUT2D eigenvalue weighted by atomic mass is 79.9. The van der Waals surface area contributed by atoms with Crippen molar-refractivity contribution in [3.8, 4) is 0 Å². The number of aliphatic carboxylic acids is 1. The van der Waals surface area contributed by atoms with Crippen molar-refractivity contribution >= 4 is 49.2 Å². The van der Waals surface area contributed by atoms with Gasteiger partial charge in [0.2, 0.25) is 5.91 Å². The zero-order valence-electron chi connectivity index (χ0n) is 9.79. The minimum Gasteiger partial charge on any atom is -0.480 e. The smallest absolute Gasteiger partial charge is 0.318 e. The third kappa shape index (κ3) is 4.00. The zero-order chi connectivity index (χ0) is 14.8. The molecule has 0 unspecified atom stereocenters. The van der Waals surface area contributed by atoms with E-state index in [-0.39, 0.29) is 4.21 Å². The van der Waals surface area contributed by atoms with Crippen LogP contribution in [0.4, 0.5) is 0 Å². The van der Waals surface area contributed by atoms with Crippen LogP contribution >= 0.6 is 27.3 Å². The Balaban J connectivity index is 3.18. The second-order valence-corrected chi connectivity index (χ2v) is 8.19. The van der Waals surface area contributed by atoms with Gasteiger partial charge in [0.05, 0.1) is 10.3 Å². The lowest BCUT2D eigenvalue weighted by atomic mass is 10.4. The summed E-state index contributed by atoms with van der Waals surface area (Å²) in [4.78, 5) is 21.5. The van der Waals surface area contributed by atoms with Crippen LogP contribution in [-0.2, 0) is 19.6 Å². The summed E-state index contributed by atoms with van der Waals surface area (Å²) in [5.74, 6) is -2.28. The Kier molecular flexibility index (Phi) is 5.07. The molecule has 1 aromatic heterocycles. The van der Waals surface area contributed by atoms with E-state index in [4.69, 9.17) is 10.8 Å². The number of sulfonamides is 1. The summed E-state index contributed by atoms with van der Waals surface area (Å²) >= 11 is 4.13. The first kappa shape index (κ1) is 16.1. The lowest BCUT2D eigenvalue weighted by molar-refractivity contribution is -0.137. The van der Waals surface area contributed by atoms with Crippen molar-refractivity contribution in [2.75, 3.05) is 13.1 Å². The van der Waals surface area contributed by atoms with Crippen LogP contribution in [0.3, 0.4) is 0 Å². The molecule has 3 N–H and O–H groups in total. The van der Waals surface area contributed by atoms with Crippen LogP contribution in [0.25, 0.3) is 0 Å². The van der Waals surface area contributed by atoms with Crippen molar-refractivity contribution in [2.45, 2.75) is 11.1 Å². The van der Waals surface area contributed by atoms with E-state index in [0.717, 1.165) is 11.3 Å². The first-order valence-electron chi connectivity index (χ1n) is 4.90. The monoisotopic (exact) mass is 370 g/mol. The van der Waals surface area contributed by atoms with Crippen LogP contribution in [0.15, 0.2) is 14.1 Å². The zero-order valence-corrected chi connectivity index (χ0v) is 13.0. The number of carbonyl (C=O) groups is 2. The first-order valence-corrected chi connectivity index (χ1v) is 7.95. The fourth-order valence-corrected chi connectivity index (χ4v) is 4.97. The molecule has 1 rings (SSSR count). The molecule has 0 spiro atoms. The van der Waals surface area contributed by atoms with Gasteiger partial charge >= 0.3 is 5.97 Å². The van der Waals surface area contributed by atoms with Gasteiger partial charge in [-0.25, -0.2) is 8.42 Å². The highest BCUT2D eigenvalue weighted by Gasteiger charge is 2.29. The first-order chi connectivity index (χ1) is 8.64. The summed E-state index contributed by atoms with van der Waals surface area (Å²) in [6, 6.07) is 1.40. The van der Waals surface area contributed by atoms with Crippen LogP contribution in [0.1, 0.15) is 5.56 Å². The van der Waals surface area contributed by atoms with Gasteiger partial charge in [0, 0.05) is 0 Å². The van der Waals surface area contributed by atoms with E-state index in [1.807, 2.05) is 0 Å². The number of primary amides is 1. The van der Waals surface area contributed by atoms with E-state index < -0.39 is 35.0 Å². The molecular formula is C9H11BrN2O5S2. The standard InChI is InChI=1S/C9H11BrN2O5S2/c1-5-2-8(18-9(5)10)19(16,17)12(3-6(11)13)4-7(14)15/h2H,3-4H2,1H3,(H2,11,13)(H,14,15). The number of amides is 1. The lowest BCUT2D eigenvalue weighted by Crippen LogP contribution is -2.41. The average molecular weight is 371 g/mol. The fraction of sp³-hybridized carbons (Fsp3) is 0.333. The van der Waals surface area contributed by atoms with Crippen molar-refractivity contribution in [1.29, 1.82) is 0 Å². The van der Waals surface area contributed by atoms with Crippen LogP contribution in [-0.4, -0.2) is 42.8 Å². The number of aryl methyl sites for hydroxylation is 1. The molecule has 0 aliphatic rings. The molecule has 1 heterocycles. The average Bonchev–Trinajstić information content (AvgIpc) is 2.57. The van der Waals surface area contributed by atoms with Gasteiger partial charge in [0.25, 0.3) is 10.0 Å². The van der Waals surface area contributed by atoms with Crippen LogP contribution < -0.4 is 5.73 Å². The van der Waals surface area contributed by atoms with Crippen molar-refractivity contribution < 1.29 is 23.1 Å². The fourth-order valence-electron chi connectivity index (χ4n) is 1.24. The molecule has 0 aromatic carbocycles. The van der Waals surface area contributed by atoms with Crippen molar-refractivity contribution in [1.82, 2.24) is 4.31 Å². The van der Waals surface area contributed by atoms with Crippen LogP contribution in [0.2, 0.25) is 0 Å². The molecule has 7 nitrogen and oxygen atoms in total. The molecule has 1 amide bonds. The van der Waals surface area contributed by atoms with Gasteiger partial charge in [-0.2, -0.15) is 4.31 Å². The molecule has 0 fully saturated rings. The number of thiophene rings is 1. The number of hydrogen-bond acceptors (Lipinski definition) is 5. The van der Waals surface area contributed by atoms with E-state index in [1.54, 1.807) is 6.92 Å². The Labute approximate surface area is 122 Å². The molecular weight excluding hydrogens is 360 g/mol. The molecule has 0 saturated carbocycles. The van der Waals surface area contributed by atoms with Gasteiger partial charge in [0.15, 0.2) is 0 Å². The summed E-state index contributed by atoms with van der Waals surface area (Å²) in [6.45, 7) is 0.207. The maximum Gasteiger partial charge on any atom is 0.318 e. The van der Waals surface area contributed by atoms with E-state index in [9.17, 15) is 18.0 Å². The summed E-state index contributed by atoms with van der Waals surface area (Å²) in [5.41, 5.74) is 5.64. The Bertz CT molecular complexity index is 575. The summed E-state index contributed by atoms with van der Waals surface area (Å²) < 4.78 is 25.5. The second kappa shape index (κ2) is 5.99. The van der Waals surface area contributed by atoms with Gasteiger partial charge in [-0.05, 0) is 34.5 Å². The summed E-state index contributed by atoms with van der Waals surface area (Å²) in [6.07, 6.45) is 0. The summed E-state index contributed by atoms with van der Waals surface area (Å²) in [5, 5.41) is 8.70. The minimum absolute atomic E-state index is 0.0422. The number of hydrogen-bond donors (Lipinski definition) is 2. The molecule has 0 aliphatic heterocycles. The predicted octanol–water partition coefficient (Wildman–Crippen LogP) is 0.380. The van der Waals surface area contributed by atoms with E-state index in [2.05, 4.69) is 15.9 Å². The Morgan fingerprint density at radius 1 is 1.47 bits per heavy atom. The van der Waals surface area contributed by atoms with Gasteiger partial charge in [0.1, 0.15) is 10.8 Å². The predicted molar refractivity (Wildman–Crippen MR) is 72.3 cm³/mol. The molecule has 1 aromatic rings. The number of nitrogens with zero attached hydrogens (tertiary/aromatic N) is 1. The Morgan fingerprint density at radius 3 is 2.42 bits per heavy atom. The van der Waals surface area contributed by atoms with Gasteiger partial charge in [-0.15, -0.1) is 11.3 Å². The maximum atomic E-state index is 12.2. The summed E-state index contributed by atoms with van der Waals surface area (Å²) in [7, 11) is -4.05. The van der Waals surface area contributed by atoms with Crippen LogP contribution in [0.5, 0.6) is 0 Å². The molecule has 106 valence electrons.